The van der Waals surface area contributed by atoms with Crippen LogP contribution in [-0.2, 0) is 10.0 Å². The lowest BCUT2D eigenvalue weighted by molar-refractivity contribution is 0.383. The summed E-state index contributed by atoms with van der Waals surface area (Å²) in [4.78, 5) is 0.467. The third-order valence-electron chi connectivity index (χ3n) is 3.19. The SMILES string of the molecule is Cc1ccc(C(N)=S)cc1S(=O)(=O)NC1CCC1. The van der Waals surface area contributed by atoms with Gasteiger partial charge in [0, 0.05) is 11.6 Å². The van der Waals surface area contributed by atoms with Gasteiger partial charge in [0.2, 0.25) is 10.0 Å². The molecule has 4 nitrogen and oxygen atoms in total. The van der Waals surface area contributed by atoms with Crippen LogP contribution < -0.4 is 10.5 Å². The predicted molar refractivity (Wildman–Crippen MR) is 75.0 cm³/mol. The van der Waals surface area contributed by atoms with E-state index in [9.17, 15) is 8.42 Å². The topological polar surface area (TPSA) is 72.2 Å². The zero-order chi connectivity index (χ0) is 13.3. The average molecular weight is 284 g/mol. The number of hydrogen-bond acceptors (Lipinski definition) is 3. The van der Waals surface area contributed by atoms with Crippen molar-refractivity contribution >= 4 is 27.2 Å². The molecule has 6 heteroatoms. The van der Waals surface area contributed by atoms with Gasteiger partial charge in [-0.15, -0.1) is 0 Å². The largest absolute Gasteiger partial charge is 0.389 e. The van der Waals surface area contributed by atoms with Gasteiger partial charge >= 0.3 is 0 Å². The molecule has 0 spiro atoms. The molecule has 0 aromatic heterocycles. The molecule has 1 saturated carbocycles. The molecule has 0 unspecified atom stereocenters. The Kier molecular flexibility index (Phi) is 3.70. The molecule has 18 heavy (non-hydrogen) atoms. The first-order valence-corrected chi connectivity index (χ1v) is 7.72. The molecule has 0 bridgehead atoms. The van der Waals surface area contributed by atoms with E-state index in [1.54, 1.807) is 25.1 Å². The number of thiocarbonyl (C=S) groups is 1. The van der Waals surface area contributed by atoms with Gasteiger partial charge in [0.15, 0.2) is 0 Å². The summed E-state index contributed by atoms with van der Waals surface area (Å²) in [6.07, 6.45) is 2.90. The van der Waals surface area contributed by atoms with Gasteiger partial charge in [-0.2, -0.15) is 0 Å². The van der Waals surface area contributed by atoms with Crippen LogP contribution in [-0.4, -0.2) is 19.4 Å². The van der Waals surface area contributed by atoms with E-state index >= 15 is 0 Å². The zero-order valence-corrected chi connectivity index (χ0v) is 11.8. The number of benzene rings is 1. The maximum atomic E-state index is 12.2. The maximum Gasteiger partial charge on any atom is 0.241 e. The van der Waals surface area contributed by atoms with Crippen molar-refractivity contribution in [2.75, 3.05) is 0 Å². The van der Waals surface area contributed by atoms with Gasteiger partial charge in [-0.3, -0.25) is 0 Å². The number of rotatable bonds is 4. The first-order valence-electron chi connectivity index (χ1n) is 5.83. The van der Waals surface area contributed by atoms with Crippen molar-refractivity contribution < 1.29 is 8.42 Å². The fourth-order valence-corrected chi connectivity index (χ4v) is 3.55. The van der Waals surface area contributed by atoms with Crippen LogP contribution in [0.15, 0.2) is 23.1 Å². The zero-order valence-electron chi connectivity index (χ0n) is 10.1. The molecule has 0 amide bonds. The molecule has 0 aliphatic heterocycles. The second-order valence-corrected chi connectivity index (χ2v) is 6.72. The molecule has 0 atom stereocenters. The molecule has 3 N–H and O–H groups in total. The molecule has 0 heterocycles. The smallest absolute Gasteiger partial charge is 0.241 e. The lowest BCUT2D eigenvalue weighted by atomic mass is 9.94. The fraction of sp³-hybridized carbons (Fsp3) is 0.417. The first kappa shape index (κ1) is 13.5. The van der Waals surface area contributed by atoms with Crippen LogP contribution in [0.3, 0.4) is 0 Å². The van der Waals surface area contributed by atoms with E-state index in [2.05, 4.69) is 4.72 Å². The molecule has 1 aromatic carbocycles. The normalized spacial score (nSPS) is 16.3. The fourth-order valence-electron chi connectivity index (χ4n) is 1.85. The second kappa shape index (κ2) is 4.95. The summed E-state index contributed by atoms with van der Waals surface area (Å²) in [5.74, 6) is 0. The Morgan fingerprint density at radius 2 is 2.11 bits per heavy atom. The van der Waals surface area contributed by atoms with Crippen LogP contribution in [0.2, 0.25) is 0 Å². The van der Waals surface area contributed by atoms with Crippen LogP contribution in [0.4, 0.5) is 0 Å². The number of nitrogens with one attached hydrogen (secondary N) is 1. The minimum absolute atomic E-state index is 0.0721. The van der Waals surface area contributed by atoms with Gasteiger partial charge in [-0.25, -0.2) is 13.1 Å². The van der Waals surface area contributed by atoms with Gasteiger partial charge in [-0.1, -0.05) is 30.8 Å². The van der Waals surface area contributed by atoms with Crippen LogP contribution in [0.25, 0.3) is 0 Å². The van der Waals surface area contributed by atoms with E-state index in [1.807, 2.05) is 0 Å². The van der Waals surface area contributed by atoms with Crippen molar-refractivity contribution in [3.8, 4) is 0 Å². The molecule has 0 saturated heterocycles. The van der Waals surface area contributed by atoms with Gasteiger partial charge in [0.25, 0.3) is 0 Å². The first-order chi connectivity index (χ1) is 8.40. The van der Waals surface area contributed by atoms with E-state index in [0.29, 0.717) is 11.1 Å². The van der Waals surface area contributed by atoms with E-state index in [0.717, 1.165) is 19.3 Å². The Morgan fingerprint density at radius 3 is 2.61 bits per heavy atom. The third kappa shape index (κ3) is 2.71. The number of sulfonamides is 1. The van der Waals surface area contributed by atoms with Crippen molar-refractivity contribution in [3.63, 3.8) is 0 Å². The number of hydrogen-bond donors (Lipinski definition) is 2. The summed E-state index contributed by atoms with van der Waals surface area (Å²) in [7, 11) is -3.47. The quantitative estimate of drug-likeness (QED) is 0.821. The minimum atomic E-state index is -3.47. The Hall–Kier alpha value is -0.980. The van der Waals surface area contributed by atoms with Crippen molar-refractivity contribution in [1.29, 1.82) is 0 Å². The summed E-state index contributed by atoms with van der Waals surface area (Å²) in [5.41, 5.74) is 6.80. The molecular weight excluding hydrogens is 268 g/mol. The summed E-state index contributed by atoms with van der Waals surface area (Å²) in [5, 5.41) is 0. The highest BCUT2D eigenvalue weighted by atomic mass is 32.2. The Balaban J connectivity index is 2.35. The molecule has 2 rings (SSSR count). The maximum absolute atomic E-state index is 12.2. The van der Waals surface area contributed by atoms with E-state index in [4.69, 9.17) is 18.0 Å². The van der Waals surface area contributed by atoms with Crippen LogP contribution in [0.5, 0.6) is 0 Å². The average Bonchev–Trinajstić information content (AvgIpc) is 2.24. The van der Waals surface area contributed by atoms with Crippen molar-refractivity contribution in [3.05, 3.63) is 29.3 Å². The van der Waals surface area contributed by atoms with Crippen LogP contribution >= 0.6 is 12.2 Å². The van der Waals surface area contributed by atoms with Gasteiger partial charge in [-0.05, 0) is 31.4 Å². The summed E-state index contributed by atoms with van der Waals surface area (Å²) >= 11 is 4.87. The Bertz CT molecular complexity index is 578. The van der Waals surface area contributed by atoms with Gasteiger partial charge in [0.05, 0.1) is 4.90 Å². The molecule has 1 aliphatic rings. The molecule has 98 valence electrons. The Morgan fingerprint density at radius 1 is 1.44 bits per heavy atom. The highest BCUT2D eigenvalue weighted by Crippen LogP contribution is 2.23. The number of nitrogens with two attached hydrogens (primary N) is 1. The van der Waals surface area contributed by atoms with E-state index < -0.39 is 10.0 Å². The van der Waals surface area contributed by atoms with E-state index in [-0.39, 0.29) is 15.9 Å². The van der Waals surface area contributed by atoms with Crippen molar-refractivity contribution in [2.24, 2.45) is 5.73 Å². The molecule has 0 radical (unpaired) electrons. The third-order valence-corrected chi connectivity index (χ3v) is 5.09. The predicted octanol–water partition coefficient (Wildman–Crippen LogP) is 1.46. The van der Waals surface area contributed by atoms with Gasteiger partial charge in [0.1, 0.15) is 4.99 Å². The summed E-state index contributed by atoms with van der Waals surface area (Å²) < 4.78 is 27.2. The van der Waals surface area contributed by atoms with Crippen LogP contribution in [0, 0.1) is 6.92 Å². The molecule has 1 aliphatic carbocycles. The lowest BCUT2D eigenvalue weighted by Crippen LogP contribution is -2.39. The molecular formula is C12H16N2O2S2. The highest BCUT2D eigenvalue weighted by Gasteiger charge is 2.26. The van der Waals surface area contributed by atoms with Crippen LogP contribution in [0.1, 0.15) is 30.4 Å². The standard InChI is InChI=1S/C12H16N2O2S2/c1-8-5-6-9(12(13)17)7-11(8)18(15,16)14-10-3-2-4-10/h5-7,10,14H,2-4H2,1H3,(H2,13,17). The summed E-state index contributed by atoms with van der Waals surface area (Å²) in [6.45, 7) is 1.76. The summed E-state index contributed by atoms with van der Waals surface area (Å²) in [6, 6.07) is 5.07. The lowest BCUT2D eigenvalue weighted by Gasteiger charge is -2.26. The minimum Gasteiger partial charge on any atom is -0.389 e. The van der Waals surface area contributed by atoms with E-state index in [1.165, 1.54) is 0 Å². The second-order valence-electron chi connectivity index (χ2n) is 4.59. The Labute approximate surface area is 113 Å². The molecule has 1 fully saturated rings. The van der Waals surface area contributed by atoms with Crippen molar-refractivity contribution in [2.45, 2.75) is 37.1 Å². The monoisotopic (exact) mass is 284 g/mol. The highest BCUT2D eigenvalue weighted by molar-refractivity contribution is 7.89. The van der Waals surface area contributed by atoms with Gasteiger partial charge < -0.3 is 5.73 Å². The van der Waals surface area contributed by atoms with Crippen molar-refractivity contribution in [1.82, 2.24) is 4.72 Å². The molecule has 1 aromatic rings. The number of aryl methyl sites for hydroxylation is 1.